The van der Waals surface area contributed by atoms with Crippen LogP contribution in [0.3, 0.4) is 0 Å². The van der Waals surface area contributed by atoms with Gasteiger partial charge < -0.3 is 10.6 Å². The van der Waals surface area contributed by atoms with E-state index in [1.165, 1.54) is 4.88 Å². The fraction of sp³-hybridized carbons (Fsp3) is 0.647. The third-order valence-corrected chi connectivity index (χ3v) is 5.12. The van der Waals surface area contributed by atoms with Crippen LogP contribution in [0.15, 0.2) is 17.5 Å². The Balaban J connectivity index is 1.95. The van der Waals surface area contributed by atoms with E-state index in [9.17, 15) is 10.1 Å². The summed E-state index contributed by atoms with van der Waals surface area (Å²) in [7, 11) is 0. The van der Waals surface area contributed by atoms with Crippen molar-refractivity contribution in [2.24, 2.45) is 11.3 Å². The molecular formula is C17H25N3OS. The lowest BCUT2D eigenvalue weighted by Crippen LogP contribution is -2.50. The number of carbonyl (C=O) groups excluding carboxylic acids is 1. The van der Waals surface area contributed by atoms with Crippen LogP contribution in [-0.4, -0.2) is 18.0 Å². The molecule has 0 aliphatic heterocycles. The number of thiophene rings is 1. The molecule has 1 aliphatic rings. The minimum Gasteiger partial charge on any atom is -0.337 e. The molecule has 1 amide bonds. The zero-order valence-electron chi connectivity index (χ0n) is 13.8. The van der Waals surface area contributed by atoms with Gasteiger partial charge in [-0.15, -0.1) is 11.3 Å². The molecule has 1 fully saturated rings. The summed E-state index contributed by atoms with van der Waals surface area (Å²) in [5.41, 5.74) is -0.709. The van der Waals surface area contributed by atoms with Crippen molar-refractivity contribution in [3.05, 3.63) is 22.4 Å². The Morgan fingerprint density at radius 2 is 2.14 bits per heavy atom. The summed E-state index contributed by atoms with van der Waals surface area (Å²) in [6.45, 7) is 8.52. The first-order chi connectivity index (χ1) is 10.3. The Bertz CT molecular complexity index is 551. The van der Waals surface area contributed by atoms with E-state index in [0.29, 0.717) is 5.92 Å². The molecule has 1 aliphatic carbocycles. The standard InChI is InChI=1S/C17H25N3OS/c1-16(2,3)15(13-6-5-9-22-13)19-10-14(21)20-17(4,11-18)12-7-8-12/h5-6,9,12,15,19H,7-8,10H2,1-4H3,(H,20,21). The predicted octanol–water partition coefficient (Wildman–Crippen LogP) is 3.23. The summed E-state index contributed by atoms with van der Waals surface area (Å²) in [6.07, 6.45) is 2.05. The Labute approximate surface area is 136 Å². The van der Waals surface area contributed by atoms with Crippen LogP contribution in [0.5, 0.6) is 0 Å². The summed E-state index contributed by atoms with van der Waals surface area (Å²) < 4.78 is 0. The predicted molar refractivity (Wildman–Crippen MR) is 89.4 cm³/mol. The Morgan fingerprint density at radius 1 is 1.45 bits per heavy atom. The van der Waals surface area contributed by atoms with E-state index in [-0.39, 0.29) is 23.9 Å². The highest BCUT2D eigenvalue weighted by molar-refractivity contribution is 7.10. The lowest BCUT2D eigenvalue weighted by molar-refractivity contribution is -0.121. The highest BCUT2D eigenvalue weighted by atomic mass is 32.1. The molecular weight excluding hydrogens is 294 g/mol. The molecule has 22 heavy (non-hydrogen) atoms. The first kappa shape index (κ1) is 17.0. The van der Waals surface area contributed by atoms with Crippen LogP contribution in [0, 0.1) is 22.7 Å². The summed E-state index contributed by atoms with van der Waals surface area (Å²) in [5.74, 6) is 0.193. The van der Waals surface area contributed by atoms with Crippen molar-refractivity contribution in [3.63, 3.8) is 0 Å². The second kappa shape index (κ2) is 6.39. The van der Waals surface area contributed by atoms with Gasteiger partial charge in [-0.05, 0) is 42.5 Å². The first-order valence-electron chi connectivity index (χ1n) is 7.75. The van der Waals surface area contributed by atoms with Crippen LogP contribution in [0.2, 0.25) is 0 Å². The number of nitriles is 1. The molecule has 2 N–H and O–H groups in total. The molecule has 0 bridgehead atoms. The normalized spacial score (nSPS) is 19.0. The lowest BCUT2D eigenvalue weighted by Gasteiger charge is -2.31. The number of nitrogens with one attached hydrogen (secondary N) is 2. The van der Waals surface area contributed by atoms with Gasteiger partial charge >= 0.3 is 0 Å². The average Bonchev–Trinajstić information content (AvgIpc) is 3.16. The molecule has 2 rings (SSSR count). The van der Waals surface area contributed by atoms with Crippen molar-refractivity contribution in [2.45, 2.75) is 52.1 Å². The summed E-state index contributed by atoms with van der Waals surface area (Å²) in [4.78, 5) is 13.5. The smallest absolute Gasteiger partial charge is 0.235 e. The molecule has 4 nitrogen and oxygen atoms in total. The van der Waals surface area contributed by atoms with Crippen LogP contribution < -0.4 is 10.6 Å². The van der Waals surface area contributed by atoms with Crippen molar-refractivity contribution in [2.75, 3.05) is 6.54 Å². The maximum absolute atomic E-state index is 12.2. The second-order valence-electron chi connectivity index (χ2n) is 7.33. The van der Waals surface area contributed by atoms with Crippen molar-refractivity contribution in [1.29, 1.82) is 5.26 Å². The Hall–Kier alpha value is -1.38. The largest absolute Gasteiger partial charge is 0.337 e. The summed E-state index contributed by atoms with van der Waals surface area (Å²) in [6, 6.07) is 6.50. The van der Waals surface area contributed by atoms with E-state index >= 15 is 0 Å². The molecule has 1 aromatic heterocycles. The fourth-order valence-electron chi connectivity index (χ4n) is 2.70. The van der Waals surface area contributed by atoms with Gasteiger partial charge in [-0.2, -0.15) is 5.26 Å². The number of hydrogen-bond acceptors (Lipinski definition) is 4. The zero-order chi connectivity index (χ0) is 16.4. The minimum absolute atomic E-state index is 0.0140. The van der Waals surface area contributed by atoms with Crippen LogP contribution in [0.1, 0.15) is 51.5 Å². The first-order valence-corrected chi connectivity index (χ1v) is 8.63. The zero-order valence-corrected chi connectivity index (χ0v) is 14.6. The van der Waals surface area contributed by atoms with Crippen LogP contribution >= 0.6 is 11.3 Å². The molecule has 2 unspecified atom stereocenters. The monoisotopic (exact) mass is 319 g/mol. The minimum atomic E-state index is -0.723. The number of rotatable bonds is 6. The van der Waals surface area contributed by atoms with Crippen molar-refractivity contribution < 1.29 is 4.79 Å². The molecule has 1 heterocycles. The molecule has 2 atom stereocenters. The van der Waals surface area contributed by atoms with Gasteiger partial charge in [-0.25, -0.2) is 0 Å². The van der Waals surface area contributed by atoms with Gasteiger partial charge in [0.05, 0.1) is 12.6 Å². The van der Waals surface area contributed by atoms with Crippen LogP contribution in [0.25, 0.3) is 0 Å². The van der Waals surface area contributed by atoms with Crippen molar-refractivity contribution in [3.8, 4) is 6.07 Å². The van der Waals surface area contributed by atoms with Gasteiger partial charge in [0.2, 0.25) is 5.91 Å². The summed E-state index contributed by atoms with van der Waals surface area (Å²) in [5, 5.41) is 17.6. The molecule has 120 valence electrons. The second-order valence-corrected chi connectivity index (χ2v) is 8.31. The van der Waals surface area contributed by atoms with Crippen molar-refractivity contribution in [1.82, 2.24) is 10.6 Å². The van der Waals surface area contributed by atoms with Crippen LogP contribution in [0.4, 0.5) is 0 Å². The SMILES string of the molecule is CC(C)(C)C(NCC(=O)NC(C)(C#N)C1CC1)c1cccs1. The molecule has 0 radical (unpaired) electrons. The quantitative estimate of drug-likeness (QED) is 0.846. The summed E-state index contributed by atoms with van der Waals surface area (Å²) >= 11 is 1.70. The van der Waals surface area contributed by atoms with Crippen LogP contribution in [-0.2, 0) is 4.79 Å². The van der Waals surface area contributed by atoms with E-state index in [0.717, 1.165) is 12.8 Å². The topological polar surface area (TPSA) is 64.9 Å². The van der Waals surface area contributed by atoms with E-state index in [1.807, 2.05) is 13.0 Å². The number of hydrogen-bond donors (Lipinski definition) is 2. The van der Waals surface area contributed by atoms with Gasteiger partial charge in [-0.3, -0.25) is 4.79 Å². The Kier molecular flexibility index (Phi) is 4.93. The van der Waals surface area contributed by atoms with E-state index in [2.05, 4.69) is 48.9 Å². The van der Waals surface area contributed by atoms with E-state index < -0.39 is 5.54 Å². The lowest BCUT2D eigenvalue weighted by atomic mass is 9.86. The third kappa shape index (κ3) is 4.08. The van der Waals surface area contributed by atoms with Gasteiger partial charge in [-0.1, -0.05) is 26.8 Å². The third-order valence-electron chi connectivity index (χ3n) is 4.19. The number of carbonyl (C=O) groups is 1. The molecule has 0 aromatic carbocycles. The molecule has 1 aromatic rings. The van der Waals surface area contributed by atoms with Crippen molar-refractivity contribution >= 4 is 17.2 Å². The molecule has 5 heteroatoms. The highest BCUT2D eigenvalue weighted by Gasteiger charge is 2.43. The number of nitrogens with zero attached hydrogens (tertiary/aromatic N) is 1. The van der Waals surface area contributed by atoms with Gasteiger partial charge in [0.15, 0.2) is 0 Å². The maximum Gasteiger partial charge on any atom is 0.235 e. The maximum atomic E-state index is 12.2. The van der Waals surface area contributed by atoms with Gasteiger partial charge in [0.25, 0.3) is 0 Å². The fourth-order valence-corrected chi connectivity index (χ4v) is 3.74. The van der Waals surface area contributed by atoms with E-state index in [4.69, 9.17) is 0 Å². The molecule has 0 saturated heterocycles. The average molecular weight is 319 g/mol. The molecule has 1 saturated carbocycles. The highest BCUT2D eigenvalue weighted by Crippen LogP contribution is 2.39. The van der Waals surface area contributed by atoms with E-state index in [1.54, 1.807) is 11.3 Å². The van der Waals surface area contributed by atoms with Gasteiger partial charge in [0.1, 0.15) is 5.54 Å². The Morgan fingerprint density at radius 3 is 2.59 bits per heavy atom. The number of amides is 1. The van der Waals surface area contributed by atoms with Gasteiger partial charge in [0, 0.05) is 10.9 Å². The molecule has 0 spiro atoms.